The summed E-state index contributed by atoms with van der Waals surface area (Å²) in [6.07, 6.45) is 1.50. The average molecular weight is 377 g/mol. The Hall–Kier alpha value is -1.57. The van der Waals surface area contributed by atoms with Crippen molar-refractivity contribution in [3.05, 3.63) is 39.7 Å². The number of hydrogen-bond acceptors (Lipinski definition) is 4. The predicted molar refractivity (Wildman–Crippen MR) is 89.1 cm³/mol. The molecule has 0 saturated carbocycles. The highest BCUT2D eigenvalue weighted by molar-refractivity contribution is 7.94. The van der Waals surface area contributed by atoms with Crippen LogP contribution in [-0.2, 0) is 19.4 Å². The fourth-order valence-electron chi connectivity index (χ4n) is 2.04. The molecule has 23 heavy (non-hydrogen) atoms. The van der Waals surface area contributed by atoms with E-state index in [0.29, 0.717) is 15.7 Å². The van der Waals surface area contributed by atoms with Gasteiger partial charge in [-0.2, -0.15) is 0 Å². The quantitative estimate of drug-likeness (QED) is 0.821. The first kappa shape index (κ1) is 17.8. The molecule has 0 spiro atoms. The van der Waals surface area contributed by atoms with Crippen LogP contribution < -0.4 is 10.6 Å². The molecular formula is C14H14Cl2N2O4S. The van der Waals surface area contributed by atoms with Gasteiger partial charge in [-0.1, -0.05) is 29.3 Å². The van der Waals surface area contributed by atoms with Gasteiger partial charge in [-0.3, -0.25) is 9.59 Å². The lowest BCUT2D eigenvalue weighted by Crippen LogP contribution is -2.34. The fraction of sp³-hybridized carbons (Fsp3) is 0.286. The number of carbonyl (C=O) groups excluding carboxylic acids is 2. The molecule has 9 heteroatoms. The molecule has 0 aromatic heterocycles. The second-order valence-electron chi connectivity index (χ2n) is 5.07. The van der Waals surface area contributed by atoms with Gasteiger partial charge in [0.1, 0.15) is 0 Å². The van der Waals surface area contributed by atoms with E-state index in [-0.39, 0.29) is 24.6 Å². The Labute approximate surface area is 143 Å². The van der Waals surface area contributed by atoms with Gasteiger partial charge < -0.3 is 10.6 Å². The predicted octanol–water partition coefficient (Wildman–Crippen LogP) is 2.00. The molecule has 0 fully saturated rings. The number of rotatable bonds is 5. The number of carbonyl (C=O) groups is 2. The number of allylic oxidation sites excluding steroid dienone is 1. The minimum absolute atomic E-state index is 0.0148. The highest BCUT2D eigenvalue weighted by Crippen LogP contribution is 2.25. The summed E-state index contributed by atoms with van der Waals surface area (Å²) in [7, 11) is -3.19. The Kier molecular flexibility index (Phi) is 5.67. The van der Waals surface area contributed by atoms with Gasteiger partial charge in [0.05, 0.1) is 23.0 Å². The van der Waals surface area contributed by atoms with Crippen LogP contribution in [0.1, 0.15) is 6.42 Å². The van der Waals surface area contributed by atoms with Crippen molar-refractivity contribution in [1.82, 2.24) is 5.32 Å². The van der Waals surface area contributed by atoms with E-state index in [2.05, 4.69) is 10.6 Å². The molecule has 1 aromatic carbocycles. The molecule has 2 amide bonds. The van der Waals surface area contributed by atoms with Crippen LogP contribution in [0.3, 0.4) is 0 Å². The van der Waals surface area contributed by atoms with Crippen LogP contribution in [-0.4, -0.2) is 32.5 Å². The van der Waals surface area contributed by atoms with Crippen molar-refractivity contribution in [2.24, 2.45) is 5.92 Å². The summed E-state index contributed by atoms with van der Waals surface area (Å²) in [6, 6.07) is 4.63. The highest BCUT2D eigenvalue weighted by Gasteiger charge is 2.23. The first-order chi connectivity index (χ1) is 10.7. The van der Waals surface area contributed by atoms with Crippen molar-refractivity contribution in [3.8, 4) is 0 Å². The number of hydrogen-bond donors (Lipinski definition) is 2. The summed E-state index contributed by atoms with van der Waals surface area (Å²) in [6.45, 7) is -0.245. The van der Waals surface area contributed by atoms with E-state index in [1.807, 2.05) is 0 Å². The molecule has 1 aromatic rings. The average Bonchev–Trinajstić information content (AvgIpc) is 2.79. The molecule has 0 bridgehead atoms. The zero-order valence-electron chi connectivity index (χ0n) is 11.9. The van der Waals surface area contributed by atoms with Crippen molar-refractivity contribution < 1.29 is 18.0 Å². The molecule has 0 saturated heterocycles. The maximum Gasteiger partial charge on any atom is 0.243 e. The molecule has 0 unspecified atom stereocenters. The van der Waals surface area contributed by atoms with Gasteiger partial charge in [-0.15, -0.1) is 0 Å². The largest absolute Gasteiger partial charge is 0.347 e. The van der Waals surface area contributed by atoms with E-state index in [1.165, 1.54) is 12.1 Å². The van der Waals surface area contributed by atoms with Crippen LogP contribution in [0.15, 0.2) is 29.7 Å². The van der Waals surface area contributed by atoms with E-state index in [4.69, 9.17) is 23.2 Å². The first-order valence-corrected chi connectivity index (χ1v) is 9.15. The van der Waals surface area contributed by atoms with Crippen molar-refractivity contribution in [3.63, 3.8) is 0 Å². The molecule has 0 radical (unpaired) electrons. The van der Waals surface area contributed by atoms with Gasteiger partial charge >= 0.3 is 0 Å². The maximum absolute atomic E-state index is 11.8. The number of sulfone groups is 1. The summed E-state index contributed by atoms with van der Waals surface area (Å²) < 4.78 is 22.5. The second-order valence-corrected chi connectivity index (χ2v) is 7.85. The van der Waals surface area contributed by atoms with Gasteiger partial charge in [0, 0.05) is 22.8 Å². The highest BCUT2D eigenvalue weighted by atomic mass is 35.5. The van der Waals surface area contributed by atoms with Gasteiger partial charge in [0.25, 0.3) is 0 Å². The normalized spacial score (nSPS) is 18.6. The SMILES string of the molecule is O=C(C[C@@H]1C=CS(=O)(=O)C1)NCC(=O)Nc1cc(Cl)ccc1Cl. The third-order valence-corrected chi connectivity index (χ3v) is 5.13. The van der Waals surface area contributed by atoms with Crippen LogP contribution in [0.2, 0.25) is 10.0 Å². The zero-order chi connectivity index (χ0) is 17.0. The van der Waals surface area contributed by atoms with Gasteiger partial charge in [0.15, 0.2) is 9.84 Å². The topological polar surface area (TPSA) is 92.3 Å². The molecule has 1 atom stereocenters. The third kappa shape index (κ3) is 5.53. The number of anilines is 1. The van der Waals surface area contributed by atoms with E-state index >= 15 is 0 Å². The molecule has 1 heterocycles. The third-order valence-electron chi connectivity index (χ3n) is 3.10. The van der Waals surface area contributed by atoms with E-state index < -0.39 is 21.7 Å². The molecule has 0 aliphatic carbocycles. The Morgan fingerprint density at radius 3 is 2.61 bits per heavy atom. The van der Waals surface area contributed by atoms with Crippen molar-refractivity contribution in [2.45, 2.75) is 6.42 Å². The van der Waals surface area contributed by atoms with Gasteiger partial charge in [-0.25, -0.2) is 8.42 Å². The summed E-state index contributed by atoms with van der Waals surface area (Å²) >= 11 is 11.7. The van der Waals surface area contributed by atoms with Gasteiger partial charge in [-0.05, 0) is 18.2 Å². The summed E-state index contributed by atoms with van der Waals surface area (Å²) in [5.41, 5.74) is 0.350. The number of amides is 2. The Morgan fingerprint density at radius 1 is 1.22 bits per heavy atom. The Bertz CT molecular complexity index is 762. The molecular weight excluding hydrogens is 363 g/mol. The number of nitrogens with one attached hydrogen (secondary N) is 2. The van der Waals surface area contributed by atoms with Crippen LogP contribution in [0.5, 0.6) is 0 Å². The minimum atomic E-state index is -3.19. The lowest BCUT2D eigenvalue weighted by molar-refractivity contribution is -0.124. The molecule has 2 N–H and O–H groups in total. The smallest absolute Gasteiger partial charge is 0.243 e. The van der Waals surface area contributed by atoms with Crippen molar-refractivity contribution in [2.75, 3.05) is 17.6 Å². The number of benzene rings is 1. The van der Waals surface area contributed by atoms with Crippen LogP contribution in [0, 0.1) is 5.92 Å². The summed E-state index contributed by atoms with van der Waals surface area (Å²) in [5.74, 6) is -1.29. The number of halogens is 2. The molecule has 1 aliphatic rings. The first-order valence-electron chi connectivity index (χ1n) is 6.68. The minimum Gasteiger partial charge on any atom is -0.347 e. The van der Waals surface area contributed by atoms with Gasteiger partial charge in [0.2, 0.25) is 11.8 Å². The van der Waals surface area contributed by atoms with Crippen LogP contribution in [0.4, 0.5) is 5.69 Å². The monoisotopic (exact) mass is 376 g/mol. The van der Waals surface area contributed by atoms with Crippen LogP contribution >= 0.6 is 23.2 Å². The summed E-state index contributed by atoms with van der Waals surface area (Å²) in [5, 5.41) is 6.83. The molecule has 6 nitrogen and oxygen atoms in total. The zero-order valence-corrected chi connectivity index (χ0v) is 14.2. The standard InChI is InChI=1S/C14H14Cl2N2O4S/c15-10-1-2-11(16)12(6-10)18-14(20)7-17-13(19)5-9-3-4-23(21,22)8-9/h1-4,6,9H,5,7-8H2,(H,17,19)(H,18,20)/t9-/m0/s1. The Balaban J connectivity index is 1.79. The maximum atomic E-state index is 11.8. The van der Waals surface area contributed by atoms with E-state index in [1.54, 1.807) is 12.1 Å². The summed E-state index contributed by atoms with van der Waals surface area (Å²) in [4.78, 5) is 23.5. The van der Waals surface area contributed by atoms with Crippen molar-refractivity contribution in [1.29, 1.82) is 0 Å². The molecule has 124 valence electrons. The Morgan fingerprint density at radius 2 is 1.96 bits per heavy atom. The molecule has 2 rings (SSSR count). The van der Waals surface area contributed by atoms with Crippen LogP contribution in [0.25, 0.3) is 0 Å². The lowest BCUT2D eigenvalue weighted by Gasteiger charge is -2.10. The second kappa shape index (κ2) is 7.33. The van der Waals surface area contributed by atoms with E-state index in [9.17, 15) is 18.0 Å². The van der Waals surface area contributed by atoms with Crippen molar-refractivity contribution >= 4 is 50.5 Å². The van der Waals surface area contributed by atoms with E-state index in [0.717, 1.165) is 5.41 Å². The molecule has 1 aliphatic heterocycles. The lowest BCUT2D eigenvalue weighted by atomic mass is 10.1. The fourth-order valence-corrected chi connectivity index (χ4v) is 3.78.